The molecule has 1 aromatic rings. The van der Waals surface area contributed by atoms with Gasteiger partial charge in [0, 0.05) is 19.7 Å². The van der Waals surface area contributed by atoms with Crippen LogP contribution < -0.4 is 15.8 Å². The Hall–Kier alpha value is -2.04. The van der Waals surface area contributed by atoms with Gasteiger partial charge in [-0.15, -0.1) is 0 Å². The molecule has 0 fully saturated rings. The van der Waals surface area contributed by atoms with Gasteiger partial charge in [0.05, 0.1) is 7.11 Å². The van der Waals surface area contributed by atoms with E-state index >= 15 is 0 Å². The van der Waals surface area contributed by atoms with Gasteiger partial charge in [-0.2, -0.15) is 0 Å². The normalized spacial score (nSPS) is 10.4. The first-order chi connectivity index (χ1) is 7.63. The molecule has 0 radical (unpaired) electrons. The average Bonchev–Trinajstić information content (AvgIpc) is 2.26. The maximum absolute atomic E-state index is 10.6. The molecule has 5 nitrogen and oxygen atoms in total. The number of nitrogens with one attached hydrogen (secondary N) is 1. The summed E-state index contributed by atoms with van der Waals surface area (Å²) >= 11 is 0. The summed E-state index contributed by atoms with van der Waals surface area (Å²) in [7, 11) is 1.54. The van der Waals surface area contributed by atoms with E-state index in [-0.39, 0.29) is 5.91 Å². The van der Waals surface area contributed by atoms with Gasteiger partial charge in [-0.25, -0.2) is 4.98 Å². The van der Waals surface area contributed by atoms with Crippen LogP contribution in [0.25, 0.3) is 6.08 Å². The topological polar surface area (TPSA) is 77.2 Å². The van der Waals surface area contributed by atoms with E-state index in [0.29, 0.717) is 18.1 Å². The second kappa shape index (κ2) is 5.75. The number of anilines is 1. The van der Waals surface area contributed by atoms with Gasteiger partial charge >= 0.3 is 0 Å². The van der Waals surface area contributed by atoms with Crippen molar-refractivity contribution in [2.24, 2.45) is 0 Å². The zero-order valence-electron chi connectivity index (χ0n) is 9.36. The van der Waals surface area contributed by atoms with Gasteiger partial charge in [0.2, 0.25) is 5.91 Å². The summed E-state index contributed by atoms with van der Waals surface area (Å²) in [6.45, 7) is 1.96. The number of nitrogen functional groups attached to an aromatic ring is 1. The summed E-state index contributed by atoms with van der Waals surface area (Å²) in [4.78, 5) is 14.6. The number of nitrogens with two attached hydrogens (primary N) is 1. The first kappa shape index (κ1) is 12.0. The molecule has 1 amide bonds. The quantitative estimate of drug-likeness (QED) is 0.789. The van der Waals surface area contributed by atoms with Crippen molar-refractivity contribution < 1.29 is 9.53 Å². The lowest BCUT2D eigenvalue weighted by Gasteiger charge is -2.03. The third-order valence-electron chi connectivity index (χ3n) is 1.90. The second-order valence-electron chi connectivity index (χ2n) is 3.20. The minimum atomic E-state index is -0.0577. The fourth-order valence-corrected chi connectivity index (χ4v) is 1.12. The standard InChI is InChI=1S/C11H15N3O2/c1-8(15)13-5-3-4-9-6-10(16-2)11(12)14-7-9/h3-4,6-7H,5H2,1-2H3,(H2,12,14)(H,13,15). The Morgan fingerprint density at radius 3 is 3.06 bits per heavy atom. The second-order valence-corrected chi connectivity index (χ2v) is 3.20. The third-order valence-corrected chi connectivity index (χ3v) is 1.90. The summed E-state index contributed by atoms with van der Waals surface area (Å²) in [5.74, 6) is 0.848. The fraction of sp³-hybridized carbons (Fsp3) is 0.273. The van der Waals surface area contributed by atoms with Crippen molar-refractivity contribution in [3.63, 3.8) is 0 Å². The minimum Gasteiger partial charge on any atom is -0.493 e. The Morgan fingerprint density at radius 2 is 2.44 bits per heavy atom. The number of pyridine rings is 1. The summed E-state index contributed by atoms with van der Waals surface area (Å²) < 4.78 is 5.04. The first-order valence-electron chi connectivity index (χ1n) is 4.84. The Labute approximate surface area is 94.3 Å². The molecule has 0 saturated carbocycles. The Balaban J connectivity index is 2.63. The predicted molar refractivity (Wildman–Crippen MR) is 62.9 cm³/mol. The maximum atomic E-state index is 10.6. The molecule has 0 saturated heterocycles. The fourth-order valence-electron chi connectivity index (χ4n) is 1.12. The Morgan fingerprint density at radius 1 is 1.69 bits per heavy atom. The lowest BCUT2D eigenvalue weighted by molar-refractivity contribution is -0.118. The van der Waals surface area contributed by atoms with Crippen molar-refractivity contribution in [2.45, 2.75) is 6.92 Å². The molecule has 0 aliphatic heterocycles. The molecule has 1 rings (SSSR count). The Bertz CT molecular complexity index is 402. The number of hydrogen-bond donors (Lipinski definition) is 2. The number of amides is 1. The van der Waals surface area contributed by atoms with Gasteiger partial charge < -0.3 is 15.8 Å². The molecule has 0 atom stereocenters. The van der Waals surface area contributed by atoms with Crippen molar-refractivity contribution in [1.29, 1.82) is 0 Å². The summed E-state index contributed by atoms with van der Waals surface area (Å²) in [5.41, 5.74) is 6.45. The third kappa shape index (κ3) is 3.61. The smallest absolute Gasteiger partial charge is 0.217 e. The summed E-state index contributed by atoms with van der Waals surface area (Å²) in [6, 6.07) is 1.78. The van der Waals surface area contributed by atoms with Crippen LogP contribution in [0.4, 0.5) is 5.82 Å². The SMILES string of the molecule is COc1cc(C=CCNC(C)=O)cnc1N. The zero-order chi connectivity index (χ0) is 12.0. The van der Waals surface area contributed by atoms with Crippen molar-refractivity contribution >= 4 is 17.8 Å². The number of rotatable bonds is 4. The largest absolute Gasteiger partial charge is 0.493 e. The van der Waals surface area contributed by atoms with Crippen LogP contribution in [0.3, 0.4) is 0 Å². The average molecular weight is 221 g/mol. The van der Waals surface area contributed by atoms with E-state index in [9.17, 15) is 4.79 Å². The van der Waals surface area contributed by atoms with Crippen molar-refractivity contribution in [1.82, 2.24) is 10.3 Å². The van der Waals surface area contributed by atoms with Gasteiger partial charge in [-0.3, -0.25) is 4.79 Å². The van der Waals surface area contributed by atoms with Gasteiger partial charge in [0.1, 0.15) is 0 Å². The van der Waals surface area contributed by atoms with E-state index < -0.39 is 0 Å². The van der Waals surface area contributed by atoms with Crippen molar-refractivity contribution in [3.05, 3.63) is 23.9 Å². The molecule has 3 N–H and O–H groups in total. The van der Waals surface area contributed by atoms with Crippen LogP contribution in [0.2, 0.25) is 0 Å². The monoisotopic (exact) mass is 221 g/mol. The zero-order valence-corrected chi connectivity index (χ0v) is 9.36. The van der Waals surface area contributed by atoms with Crippen molar-refractivity contribution in [3.8, 4) is 5.75 Å². The molecule has 16 heavy (non-hydrogen) atoms. The highest BCUT2D eigenvalue weighted by Gasteiger charge is 1.99. The van der Waals surface area contributed by atoms with Crippen LogP contribution in [-0.2, 0) is 4.79 Å². The van der Waals surface area contributed by atoms with Crippen LogP contribution in [0.1, 0.15) is 12.5 Å². The summed E-state index contributed by atoms with van der Waals surface area (Å²) in [5, 5.41) is 2.65. The molecule has 5 heteroatoms. The number of ether oxygens (including phenoxy) is 1. The highest BCUT2D eigenvalue weighted by molar-refractivity contribution is 5.73. The molecule has 1 aromatic heterocycles. The van der Waals surface area contributed by atoms with Gasteiger partial charge in [-0.05, 0) is 11.6 Å². The van der Waals surface area contributed by atoms with Crippen LogP contribution in [-0.4, -0.2) is 24.5 Å². The molecular formula is C11H15N3O2. The van der Waals surface area contributed by atoms with E-state index in [1.54, 1.807) is 12.3 Å². The highest BCUT2D eigenvalue weighted by Crippen LogP contribution is 2.19. The molecule has 0 bridgehead atoms. The minimum absolute atomic E-state index is 0.0577. The number of carbonyl (C=O) groups excluding carboxylic acids is 1. The lowest BCUT2D eigenvalue weighted by atomic mass is 10.2. The molecule has 0 aromatic carbocycles. The number of methoxy groups -OCH3 is 1. The molecule has 1 heterocycles. The molecular weight excluding hydrogens is 206 g/mol. The molecule has 0 aliphatic rings. The summed E-state index contributed by atoms with van der Waals surface area (Å²) in [6.07, 6.45) is 5.31. The molecule has 0 unspecified atom stereocenters. The van der Waals surface area contributed by atoms with Crippen LogP contribution in [0.5, 0.6) is 5.75 Å². The van der Waals surface area contributed by atoms with E-state index in [2.05, 4.69) is 10.3 Å². The van der Waals surface area contributed by atoms with Gasteiger partial charge in [0.15, 0.2) is 11.6 Å². The first-order valence-corrected chi connectivity index (χ1v) is 4.84. The number of carbonyl (C=O) groups is 1. The van der Waals surface area contributed by atoms with E-state index in [1.165, 1.54) is 14.0 Å². The number of hydrogen-bond acceptors (Lipinski definition) is 4. The molecule has 86 valence electrons. The number of nitrogens with zero attached hydrogens (tertiary/aromatic N) is 1. The van der Waals surface area contributed by atoms with E-state index in [1.807, 2.05) is 12.2 Å². The van der Waals surface area contributed by atoms with Crippen LogP contribution in [0, 0.1) is 0 Å². The van der Waals surface area contributed by atoms with Gasteiger partial charge in [-0.1, -0.05) is 12.2 Å². The van der Waals surface area contributed by atoms with E-state index in [4.69, 9.17) is 10.5 Å². The van der Waals surface area contributed by atoms with E-state index in [0.717, 1.165) is 5.56 Å². The predicted octanol–water partition coefficient (Wildman–Crippen LogP) is 0.822. The maximum Gasteiger partial charge on any atom is 0.217 e. The van der Waals surface area contributed by atoms with Crippen LogP contribution in [0.15, 0.2) is 18.3 Å². The number of aromatic nitrogens is 1. The highest BCUT2D eigenvalue weighted by atomic mass is 16.5. The molecule has 0 aliphatic carbocycles. The lowest BCUT2D eigenvalue weighted by Crippen LogP contribution is -2.19. The van der Waals surface area contributed by atoms with Crippen molar-refractivity contribution in [2.75, 3.05) is 19.4 Å². The molecule has 0 spiro atoms. The van der Waals surface area contributed by atoms with Crippen LogP contribution >= 0.6 is 0 Å². The van der Waals surface area contributed by atoms with Gasteiger partial charge in [0.25, 0.3) is 0 Å². The Kier molecular flexibility index (Phi) is 4.32.